The maximum atomic E-state index is 12.6. The molecule has 0 saturated heterocycles. The van der Waals surface area contributed by atoms with Gasteiger partial charge in [0.15, 0.2) is 5.69 Å². The van der Waals surface area contributed by atoms with Crippen LogP contribution in [0.25, 0.3) is 0 Å². The molecule has 2 aromatic rings. The fourth-order valence-electron chi connectivity index (χ4n) is 3.34. The molecule has 0 saturated carbocycles. The van der Waals surface area contributed by atoms with E-state index in [2.05, 4.69) is 34.7 Å². The number of amides is 2. The molecule has 7 nitrogen and oxygen atoms in total. The van der Waals surface area contributed by atoms with E-state index in [1.54, 1.807) is 24.3 Å². The van der Waals surface area contributed by atoms with E-state index in [4.69, 9.17) is 0 Å². The van der Waals surface area contributed by atoms with Crippen molar-refractivity contribution in [3.63, 3.8) is 0 Å². The minimum absolute atomic E-state index is 0.0315. The zero-order valence-corrected chi connectivity index (χ0v) is 16.0. The van der Waals surface area contributed by atoms with Crippen LogP contribution < -0.4 is 10.6 Å². The van der Waals surface area contributed by atoms with Gasteiger partial charge in [0.05, 0.1) is 0 Å². The second kappa shape index (κ2) is 8.81. The minimum atomic E-state index is -0.242. The quantitative estimate of drug-likeness (QED) is 0.700. The molecular formula is C20H27N5O2. The van der Waals surface area contributed by atoms with E-state index in [0.717, 1.165) is 50.2 Å². The third-order valence-corrected chi connectivity index (χ3v) is 4.69. The number of nitrogens with zero attached hydrogens (tertiary/aromatic N) is 2. The Bertz CT molecular complexity index is 791. The number of anilines is 1. The third-order valence-electron chi connectivity index (χ3n) is 4.69. The Labute approximate surface area is 159 Å². The molecule has 27 heavy (non-hydrogen) atoms. The van der Waals surface area contributed by atoms with Crippen molar-refractivity contribution in [2.75, 3.05) is 25.0 Å². The van der Waals surface area contributed by atoms with Gasteiger partial charge < -0.3 is 15.5 Å². The molecule has 1 aliphatic rings. The van der Waals surface area contributed by atoms with Crippen LogP contribution in [0.4, 0.5) is 5.69 Å². The number of hydrogen-bond acceptors (Lipinski definition) is 4. The summed E-state index contributed by atoms with van der Waals surface area (Å²) in [5.41, 5.74) is 3.66. The van der Waals surface area contributed by atoms with Crippen LogP contribution in [0.15, 0.2) is 24.3 Å². The Balaban J connectivity index is 1.67. The highest BCUT2D eigenvalue weighted by Crippen LogP contribution is 2.18. The van der Waals surface area contributed by atoms with Gasteiger partial charge in [-0.05, 0) is 37.1 Å². The highest BCUT2D eigenvalue weighted by atomic mass is 16.2. The Hall–Kier alpha value is -2.67. The summed E-state index contributed by atoms with van der Waals surface area (Å²) in [5.74, 6) is -0.210. The molecule has 1 aromatic carbocycles. The molecule has 2 heterocycles. The van der Waals surface area contributed by atoms with Crippen molar-refractivity contribution >= 4 is 17.5 Å². The number of benzene rings is 1. The first kappa shape index (κ1) is 19.1. The zero-order valence-electron chi connectivity index (χ0n) is 16.0. The molecular weight excluding hydrogens is 342 g/mol. The van der Waals surface area contributed by atoms with Gasteiger partial charge in [-0.3, -0.25) is 14.7 Å². The lowest BCUT2D eigenvalue weighted by molar-refractivity contribution is 0.0755. The van der Waals surface area contributed by atoms with Gasteiger partial charge in [0.25, 0.3) is 11.8 Å². The average Bonchev–Trinajstić information content (AvgIpc) is 3.12. The molecule has 1 aliphatic heterocycles. The SMILES string of the molecule is CCCN(CCC)C(=O)c1ccc(NC(=O)c2n[nH]c3c2CNCC3)cc1. The van der Waals surface area contributed by atoms with Gasteiger partial charge >= 0.3 is 0 Å². The van der Waals surface area contributed by atoms with E-state index in [-0.39, 0.29) is 11.8 Å². The predicted molar refractivity (Wildman–Crippen MR) is 105 cm³/mol. The van der Waals surface area contributed by atoms with Crippen molar-refractivity contribution in [1.82, 2.24) is 20.4 Å². The van der Waals surface area contributed by atoms with Crippen molar-refractivity contribution in [3.05, 3.63) is 46.8 Å². The summed E-state index contributed by atoms with van der Waals surface area (Å²) >= 11 is 0. The molecule has 0 bridgehead atoms. The van der Waals surface area contributed by atoms with Crippen LogP contribution >= 0.6 is 0 Å². The van der Waals surface area contributed by atoms with Gasteiger partial charge in [-0.2, -0.15) is 5.10 Å². The Kier molecular flexibility index (Phi) is 6.24. The smallest absolute Gasteiger partial charge is 0.276 e. The number of aromatic nitrogens is 2. The third kappa shape index (κ3) is 4.36. The fourth-order valence-corrected chi connectivity index (χ4v) is 3.34. The van der Waals surface area contributed by atoms with Gasteiger partial charge in [-0.1, -0.05) is 13.8 Å². The number of nitrogens with one attached hydrogen (secondary N) is 3. The monoisotopic (exact) mass is 369 g/mol. The van der Waals surface area contributed by atoms with Crippen LogP contribution in [0.5, 0.6) is 0 Å². The molecule has 1 aromatic heterocycles. The minimum Gasteiger partial charge on any atom is -0.339 e. The maximum Gasteiger partial charge on any atom is 0.276 e. The lowest BCUT2D eigenvalue weighted by atomic mass is 10.1. The Morgan fingerprint density at radius 3 is 2.52 bits per heavy atom. The first-order valence-electron chi connectivity index (χ1n) is 9.61. The Morgan fingerprint density at radius 1 is 1.15 bits per heavy atom. The van der Waals surface area contributed by atoms with Crippen molar-refractivity contribution in [1.29, 1.82) is 0 Å². The molecule has 0 fully saturated rings. The van der Waals surface area contributed by atoms with Crippen LogP contribution in [-0.4, -0.2) is 46.5 Å². The molecule has 0 spiro atoms. The van der Waals surface area contributed by atoms with Crippen LogP contribution in [0.1, 0.15) is 58.8 Å². The molecule has 7 heteroatoms. The highest BCUT2D eigenvalue weighted by Gasteiger charge is 2.21. The van der Waals surface area contributed by atoms with E-state index >= 15 is 0 Å². The Morgan fingerprint density at radius 2 is 1.85 bits per heavy atom. The van der Waals surface area contributed by atoms with Gasteiger partial charge in [0.2, 0.25) is 0 Å². The van der Waals surface area contributed by atoms with E-state index in [1.165, 1.54) is 0 Å². The summed E-state index contributed by atoms with van der Waals surface area (Å²) in [4.78, 5) is 27.0. The van der Waals surface area contributed by atoms with E-state index in [0.29, 0.717) is 23.5 Å². The summed E-state index contributed by atoms with van der Waals surface area (Å²) in [6.07, 6.45) is 2.71. The van der Waals surface area contributed by atoms with Crippen LogP contribution in [0.3, 0.4) is 0 Å². The summed E-state index contributed by atoms with van der Waals surface area (Å²) in [6, 6.07) is 7.05. The van der Waals surface area contributed by atoms with Crippen molar-refractivity contribution in [2.45, 2.75) is 39.7 Å². The van der Waals surface area contributed by atoms with E-state index in [1.807, 2.05) is 4.90 Å². The lowest BCUT2D eigenvalue weighted by Crippen LogP contribution is -2.32. The van der Waals surface area contributed by atoms with Gasteiger partial charge in [0.1, 0.15) is 0 Å². The molecule has 0 atom stereocenters. The van der Waals surface area contributed by atoms with Gasteiger partial charge in [-0.25, -0.2) is 0 Å². The molecule has 144 valence electrons. The number of fused-ring (bicyclic) bond motifs is 1. The van der Waals surface area contributed by atoms with E-state index < -0.39 is 0 Å². The second-order valence-corrected chi connectivity index (χ2v) is 6.78. The summed E-state index contributed by atoms with van der Waals surface area (Å²) in [6.45, 7) is 7.17. The van der Waals surface area contributed by atoms with Crippen molar-refractivity contribution in [2.24, 2.45) is 0 Å². The number of carbonyl (C=O) groups excluding carboxylic acids is 2. The number of rotatable bonds is 7. The number of H-pyrrole nitrogens is 1. The molecule has 2 amide bonds. The van der Waals surface area contributed by atoms with Crippen LogP contribution in [-0.2, 0) is 13.0 Å². The largest absolute Gasteiger partial charge is 0.339 e. The first-order valence-corrected chi connectivity index (χ1v) is 9.61. The van der Waals surface area contributed by atoms with Gasteiger partial charge in [0, 0.05) is 55.1 Å². The topological polar surface area (TPSA) is 90.1 Å². The predicted octanol–water partition coefficient (Wildman–Crippen LogP) is 2.57. The standard InChI is InChI=1S/C20H27N5O2/c1-3-11-25(12-4-2)20(27)14-5-7-15(8-6-14)22-19(26)18-16-13-21-10-9-17(16)23-24-18/h5-8,21H,3-4,9-13H2,1-2H3,(H,22,26)(H,23,24). The molecule has 3 N–H and O–H groups in total. The maximum absolute atomic E-state index is 12.6. The average molecular weight is 369 g/mol. The zero-order chi connectivity index (χ0) is 19.2. The van der Waals surface area contributed by atoms with Crippen LogP contribution in [0, 0.1) is 0 Å². The number of carbonyl (C=O) groups is 2. The molecule has 0 unspecified atom stereocenters. The van der Waals surface area contributed by atoms with Crippen molar-refractivity contribution in [3.8, 4) is 0 Å². The van der Waals surface area contributed by atoms with Crippen LogP contribution in [0.2, 0.25) is 0 Å². The molecule has 3 rings (SSSR count). The normalized spacial score (nSPS) is 13.1. The highest BCUT2D eigenvalue weighted by molar-refractivity contribution is 6.04. The van der Waals surface area contributed by atoms with E-state index in [9.17, 15) is 9.59 Å². The summed E-state index contributed by atoms with van der Waals surface area (Å²) in [5, 5.41) is 13.2. The summed E-state index contributed by atoms with van der Waals surface area (Å²) in [7, 11) is 0. The number of aromatic amines is 1. The summed E-state index contributed by atoms with van der Waals surface area (Å²) < 4.78 is 0. The fraction of sp³-hybridized carbons (Fsp3) is 0.450. The number of hydrogen-bond donors (Lipinski definition) is 3. The second-order valence-electron chi connectivity index (χ2n) is 6.78. The molecule has 0 radical (unpaired) electrons. The van der Waals surface area contributed by atoms with Crippen molar-refractivity contribution < 1.29 is 9.59 Å². The molecule has 0 aliphatic carbocycles. The lowest BCUT2D eigenvalue weighted by Gasteiger charge is -2.21. The first-order chi connectivity index (χ1) is 13.1. The van der Waals surface area contributed by atoms with Gasteiger partial charge in [-0.15, -0.1) is 0 Å².